The second-order valence-electron chi connectivity index (χ2n) is 18.9. The first-order chi connectivity index (χ1) is 30.5. The molecule has 0 aromatic heterocycles. The molecular formula is C56H107NO5. The van der Waals surface area contributed by atoms with Gasteiger partial charge < -0.3 is 20.3 Å². The Hall–Kier alpha value is -1.66. The van der Waals surface area contributed by atoms with Gasteiger partial charge in [0.2, 0.25) is 5.91 Å². The van der Waals surface area contributed by atoms with Gasteiger partial charge in [-0.25, -0.2) is 0 Å². The number of carbonyl (C=O) groups is 2. The van der Waals surface area contributed by atoms with Gasteiger partial charge in [0, 0.05) is 12.8 Å². The molecule has 0 spiro atoms. The molecule has 6 heteroatoms. The topological polar surface area (TPSA) is 95.9 Å². The lowest BCUT2D eigenvalue weighted by Crippen LogP contribution is -2.45. The van der Waals surface area contributed by atoms with Crippen molar-refractivity contribution in [3.05, 3.63) is 24.3 Å². The third-order valence-electron chi connectivity index (χ3n) is 12.7. The van der Waals surface area contributed by atoms with E-state index in [4.69, 9.17) is 4.74 Å². The summed E-state index contributed by atoms with van der Waals surface area (Å²) in [5.74, 6) is -0.0900. The van der Waals surface area contributed by atoms with Crippen molar-refractivity contribution in [1.29, 1.82) is 0 Å². The molecule has 0 heterocycles. The zero-order valence-corrected chi connectivity index (χ0v) is 41.6. The van der Waals surface area contributed by atoms with Gasteiger partial charge in [-0.15, -0.1) is 0 Å². The summed E-state index contributed by atoms with van der Waals surface area (Å²) in [5, 5.41) is 23.3. The van der Waals surface area contributed by atoms with Gasteiger partial charge in [-0.05, 0) is 51.4 Å². The van der Waals surface area contributed by atoms with Crippen LogP contribution in [0.25, 0.3) is 0 Å². The lowest BCUT2D eigenvalue weighted by Gasteiger charge is -2.22. The number of amides is 1. The van der Waals surface area contributed by atoms with Crippen molar-refractivity contribution >= 4 is 11.9 Å². The summed E-state index contributed by atoms with van der Waals surface area (Å²) in [6, 6.07) is -0.560. The number of aliphatic hydroxyl groups is 2. The molecule has 0 fully saturated rings. The number of nitrogens with one attached hydrogen (secondary N) is 1. The summed E-state index contributed by atoms with van der Waals surface area (Å²) in [6.07, 6.45) is 61.6. The maximum Gasteiger partial charge on any atom is 0.305 e. The number of ether oxygens (including phenoxy) is 1. The van der Waals surface area contributed by atoms with E-state index < -0.39 is 12.1 Å². The summed E-state index contributed by atoms with van der Waals surface area (Å²) in [7, 11) is 0. The number of rotatable bonds is 51. The van der Waals surface area contributed by atoms with Gasteiger partial charge in [-0.3, -0.25) is 9.59 Å². The number of allylic oxidation sites excluding steroid dienone is 4. The smallest absolute Gasteiger partial charge is 0.305 e. The zero-order valence-electron chi connectivity index (χ0n) is 41.6. The SMILES string of the molecule is CCC/C=C\C/C=C\CCCCCCCC(=O)OCCCCCCCCCCCCC(=O)NC(CO)C(O)CCCCCCCCCCCCCCCCCCCCCCCC. The largest absolute Gasteiger partial charge is 0.466 e. The number of aliphatic hydroxyl groups excluding tert-OH is 2. The minimum absolute atomic E-state index is 0.0334. The van der Waals surface area contributed by atoms with E-state index in [1.807, 2.05) is 0 Å². The fraction of sp³-hybridized carbons (Fsp3) is 0.893. The standard InChI is InChI=1S/C56H107NO5/c1-3-5-7-9-11-13-15-17-18-19-20-21-22-23-24-25-27-28-32-36-40-44-48-54(59)53(52-58)57-55(60)49-45-41-37-33-30-31-35-39-43-47-51-62-56(61)50-46-42-38-34-29-26-16-14-12-10-8-6-4-2/h8,10,14,16,53-54,58-59H,3-7,9,11-13,15,17-52H2,1-2H3,(H,57,60)/b10-8-,16-14-. The molecule has 2 unspecified atom stereocenters. The van der Waals surface area contributed by atoms with E-state index in [0.29, 0.717) is 25.9 Å². The predicted molar refractivity (Wildman–Crippen MR) is 269 cm³/mol. The molecule has 2 atom stereocenters. The van der Waals surface area contributed by atoms with Crippen molar-refractivity contribution in [3.63, 3.8) is 0 Å². The van der Waals surface area contributed by atoms with Crippen molar-refractivity contribution in [1.82, 2.24) is 5.32 Å². The van der Waals surface area contributed by atoms with Gasteiger partial charge in [0.25, 0.3) is 0 Å². The van der Waals surface area contributed by atoms with Gasteiger partial charge >= 0.3 is 5.97 Å². The average molecular weight is 874 g/mol. The van der Waals surface area contributed by atoms with Gasteiger partial charge in [0.1, 0.15) is 0 Å². The van der Waals surface area contributed by atoms with Crippen molar-refractivity contribution in [3.8, 4) is 0 Å². The minimum atomic E-state index is -0.680. The Morgan fingerprint density at radius 2 is 0.839 bits per heavy atom. The number of esters is 1. The molecule has 366 valence electrons. The Morgan fingerprint density at radius 1 is 0.452 bits per heavy atom. The van der Waals surface area contributed by atoms with Gasteiger partial charge in [0.05, 0.1) is 25.4 Å². The van der Waals surface area contributed by atoms with E-state index in [1.165, 1.54) is 193 Å². The van der Waals surface area contributed by atoms with Crippen LogP contribution in [-0.2, 0) is 14.3 Å². The number of carbonyl (C=O) groups excluding carboxylic acids is 2. The van der Waals surface area contributed by atoms with E-state index in [-0.39, 0.29) is 18.5 Å². The molecule has 0 aliphatic heterocycles. The normalized spacial score (nSPS) is 12.8. The molecule has 1 amide bonds. The van der Waals surface area contributed by atoms with Crippen LogP contribution in [0.5, 0.6) is 0 Å². The Labute approximate surface area is 386 Å². The first-order valence-corrected chi connectivity index (χ1v) is 27.6. The molecule has 0 aromatic carbocycles. The molecular weight excluding hydrogens is 767 g/mol. The molecule has 0 aliphatic rings. The van der Waals surface area contributed by atoms with Crippen LogP contribution in [0.4, 0.5) is 0 Å². The maximum absolute atomic E-state index is 12.5. The highest BCUT2D eigenvalue weighted by Gasteiger charge is 2.20. The first kappa shape index (κ1) is 60.3. The van der Waals surface area contributed by atoms with Crippen LogP contribution in [0.1, 0.15) is 296 Å². The van der Waals surface area contributed by atoms with Crippen molar-refractivity contribution in [2.45, 2.75) is 309 Å². The van der Waals surface area contributed by atoms with Crippen LogP contribution in [0.15, 0.2) is 24.3 Å². The van der Waals surface area contributed by atoms with Crippen LogP contribution in [-0.4, -0.2) is 47.4 Å². The molecule has 0 radical (unpaired) electrons. The number of hydrogen-bond acceptors (Lipinski definition) is 5. The van der Waals surface area contributed by atoms with Crippen LogP contribution in [0, 0.1) is 0 Å². The lowest BCUT2D eigenvalue weighted by atomic mass is 10.0. The van der Waals surface area contributed by atoms with Crippen LogP contribution >= 0.6 is 0 Å². The molecule has 3 N–H and O–H groups in total. The molecule has 0 bridgehead atoms. The summed E-state index contributed by atoms with van der Waals surface area (Å²) in [6.45, 7) is 4.84. The van der Waals surface area contributed by atoms with E-state index in [9.17, 15) is 19.8 Å². The zero-order chi connectivity index (χ0) is 45.1. The van der Waals surface area contributed by atoms with Crippen molar-refractivity contribution < 1.29 is 24.5 Å². The van der Waals surface area contributed by atoms with Crippen molar-refractivity contribution in [2.24, 2.45) is 0 Å². The first-order valence-electron chi connectivity index (χ1n) is 27.6. The fourth-order valence-corrected chi connectivity index (χ4v) is 8.50. The summed E-state index contributed by atoms with van der Waals surface area (Å²) < 4.78 is 5.44. The maximum atomic E-state index is 12.5. The molecule has 0 saturated carbocycles. The Morgan fingerprint density at radius 3 is 1.29 bits per heavy atom. The molecule has 0 aromatic rings. The molecule has 0 saturated heterocycles. The highest BCUT2D eigenvalue weighted by molar-refractivity contribution is 5.76. The molecule has 0 rings (SSSR count). The highest BCUT2D eigenvalue weighted by atomic mass is 16.5. The summed E-state index contributed by atoms with van der Waals surface area (Å²) >= 11 is 0. The van der Waals surface area contributed by atoms with E-state index >= 15 is 0 Å². The molecule has 6 nitrogen and oxygen atoms in total. The highest BCUT2D eigenvalue weighted by Crippen LogP contribution is 2.17. The summed E-state index contributed by atoms with van der Waals surface area (Å²) in [5.41, 5.74) is 0. The van der Waals surface area contributed by atoms with E-state index in [2.05, 4.69) is 43.5 Å². The summed E-state index contributed by atoms with van der Waals surface area (Å²) in [4.78, 5) is 24.5. The Kier molecular flexibility index (Phi) is 50.6. The third kappa shape index (κ3) is 47.8. The third-order valence-corrected chi connectivity index (χ3v) is 12.7. The number of hydrogen-bond donors (Lipinski definition) is 3. The van der Waals surface area contributed by atoms with E-state index in [0.717, 1.165) is 70.6 Å². The fourth-order valence-electron chi connectivity index (χ4n) is 8.50. The van der Waals surface area contributed by atoms with Gasteiger partial charge in [-0.2, -0.15) is 0 Å². The average Bonchev–Trinajstić information content (AvgIpc) is 3.27. The monoisotopic (exact) mass is 874 g/mol. The van der Waals surface area contributed by atoms with E-state index in [1.54, 1.807) is 0 Å². The lowest BCUT2D eigenvalue weighted by molar-refractivity contribution is -0.143. The second kappa shape index (κ2) is 52.0. The minimum Gasteiger partial charge on any atom is -0.466 e. The number of unbranched alkanes of at least 4 members (excludes halogenated alkanes) is 36. The Bertz CT molecular complexity index is 966. The van der Waals surface area contributed by atoms with Gasteiger partial charge in [0.15, 0.2) is 0 Å². The second-order valence-corrected chi connectivity index (χ2v) is 18.9. The molecule has 0 aliphatic carbocycles. The van der Waals surface area contributed by atoms with Crippen LogP contribution in [0.3, 0.4) is 0 Å². The quantitative estimate of drug-likeness (QED) is 0.0321. The Balaban J connectivity index is 3.48. The van der Waals surface area contributed by atoms with Gasteiger partial charge in [-0.1, -0.05) is 256 Å². The van der Waals surface area contributed by atoms with Crippen LogP contribution < -0.4 is 5.32 Å². The van der Waals surface area contributed by atoms with Crippen molar-refractivity contribution in [2.75, 3.05) is 13.2 Å². The van der Waals surface area contributed by atoms with Crippen LogP contribution in [0.2, 0.25) is 0 Å². The predicted octanol–water partition coefficient (Wildman–Crippen LogP) is 16.7. The molecule has 62 heavy (non-hydrogen) atoms.